The van der Waals surface area contributed by atoms with Crippen molar-refractivity contribution in [2.45, 2.75) is 51.6 Å². The maximum atomic E-state index is 13.8. The summed E-state index contributed by atoms with van der Waals surface area (Å²) in [6.07, 6.45) is 4.80. The molecule has 0 unspecified atom stereocenters. The van der Waals surface area contributed by atoms with Crippen LogP contribution in [0, 0.1) is 17.8 Å². The third-order valence-electron chi connectivity index (χ3n) is 9.09. The molecule has 2 aromatic carbocycles. The van der Waals surface area contributed by atoms with Gasteiger partial charge in [-0.15, -0.1) is 11.3 Å². The van der Waals surface area contributed by atoms with Crippen LogP contribution in [0.3, 0.4) is 0 Å². The van der Waals surface area contributed by atoms with E-state index in [-0.39, 0.29) is 29.6 Å². The van der Waals surface area contributed by atoms with Gasteiger partial charge in [-0.3, -0.25) is 14.5 Å². The third kappa shape index (κ3) is 5.35. The number of carbonyl (C=O) groups is 2. The molecule has 3 heterocycles. The van der Waals surface area contributed by atoms with E-state index >= 15 is 0 Å². The molecule has 0 radical (unpaired) electrons. The summed E-state index contributed by atoms with van der Waals surface area (Å²) < 4.78 is 11.7. The van der Waals surface area contributed by atoms with Gasteiger partial charge in [0.1, 0.15) is 5.75 Å². The van der Waals surface area contributed by atoms with E-state index in [9.17, 15) is 19.7 Å². The predicted molar refractivity (Wildman–Crippen MR) is 165 cm³/mol. The van der Waals surface area contributed by atoms with Crippen LogP contribution >= 0.6 is 11.3 Å². The van der Waals surface area contributed by atoms with Crippen molar-refractivity contribution in [1.82, 2.24) is 4.90 Å². The molecule has 1 aliphatic carbocycles. The Balaban J connectivity index is 1.28. The Bertz CT molecular complexity index is 1550. The van der Waals surface area contributed by atoms with Gasteiger partial charge in [0.05, 0.1) is 31.1 Å². The standard InChI is InChI=1S/C33H36BNO6S/c1-3-20(15-21-11-12-28(36)25-9-5-4-8-24(21)25)10-13-29-30-22(19-40-2)16-26-31(27(30)17-34(39)41-29)33(38)35(32(26)37)18-23-7-6-14-42-23/h4-9,11-12,14-15,26-27,29,31,36,39H,3,10,13,16-19H2,1-2H3/b20-15+/t26-,27+,29-,31-/m1/s1. The van der Waals surface area contributed by atoms with Crippen LogP contribution in [0.4, 0.5) is 0 Å². The molecule has 4 atom stereocenters. The number of benzene rings is 2. The highest BCUT2D eigenvalue weighted by Crippen LogP contribution is 2.51. The number of aromatic hydroxyl groups is 1. The molecule has 42 heavy (non-hydrogen) atoms. The van der Waals surface area contributed by atoms with Gasteiger partial charge in [0.15, 0.2) is 0 Å². The second kappa shape index (κ2) is 12.2. The van der Waals surface area contributed by atoms with Crippen LogP contribution in [0.2, 0.25) is 6.32 Å². The largest absolute Gasteiger partial charge is 0.507 e. The number of amides is 2. The number of fused-ring (bicyclic) bond motifs is 4. The molecule has 3 aliphatic rings. The highest BCUT2D eigenvalue weighted by Gasteiger charge is 2.57. The van der Waals surface area contributed by atoms with E-state index in [4.69, 9.17) is 9.39 Å². The first kappa shape index (κ1) is 28.9. The van der Waals surface area contributed by atoms with Crippen molar-refractivity contribution in [1.29, 1.82) is 0 Å². The summed E-state index contributed by atoms with van der Waals surface area (Å²) in [6.45, 7) is 2.79. The Labute approximate surface area is 250 Å². The summed E-state index contributed by atoms with van der Waals surface area (Å²) in [6, 6.07) is 15.4. The Hall–Kier alpha value is -3.24. The summed E-state index contributed by atoms with van der Waals surface area (Å²) in [5.74, 6) is -1.18. The van der Waals surface area contributed by atoms with Crippen molar-refractivity contribution in [2.75, 3.05) is 13.7 Å². The number of methoxy groups -OCH3 is 1. The van der Waals surface area contributed by atoms with Crippen molar-refractivity contribution in [3.63, 3.8) is 0 Å². The van der Waals surface area contributed by atoms with Crippen molar-refractivity contribution in [2.24, 2.45) is 17.8 Å². The van der Waals surface area contributed by atoms with Gasteiger partial charge in [-0.2, -0.15) is 0 Å². The maximum absolute atomic E-state index is 13.8. The van der Waals surface area contributed by atoms with Gasteiger partial charge in [0.25, 0.3) is 0 Å². The molecule has 2 amide bonds. The highest BCUT2D eigenvalue weighted by atomic mass is 32.1. The molecule has 1 aromatic heterocycles. The summed E-state index contributed by atoms with van der Waals surface area (Å²) in [4.78, 5) is 29.7. The first-order valence-corrected chi connectivity index (χ1v) is 15.6. The normalized spacial score (nSPS) is 24.5. The lowest BCUT2D eigenvalue weighted by molar-refractivity contribution is -0.140. The maximum Gasteiger partial charge on any atom is 0.455 e. The Morgan fingerprint density at radius 1 is 1.12 bits per heavy atom. The van der Waals surface area contributed by atoms with Crippen LogP contribution < -0.4 is 0 Å². The van der Waals surface area contributed by atoms with Crippen LogP contribution in [-0.4, -0.2) is 53.8 Å². The lowest BCUT2D eigenvalue weighted by atomic mass is 9.58. The molecule has 2 saturated heterocycles. The number of hydrogen-bond donors (Lipinski definition) is 2. The smallest absolute Gasteiger partial charge is 0.455 e. The number of imide groups is 1. The lowest BCUT2D eigenvalue weighted by Gasteiger charge is -2.43. The van der Waals surface area contributed by atoms with Crippen molar-refractivity contribution in [3.8, 4) is 5.75 Å². The quantitative estimate of drug-likeness (QED) is 0.187. The van der Waals surface area contributed by atoms with Gasteiger partial charge in [0.2, 0.25) is 11.8 Å². The highest BCUT2D eigenvalue weighted by molar-refractivity contribution is 7.09. The number of ether oxygens (including phenoxy) is 1. The molecule has 0 bridgehead atoms. The Morgan fingerprint density at radius 3 is 2.67 bits per heavy atom. The van der Waals surface area contributed by atoms with Crippen molar-refractivity contribution in [3.05, 3.63) is 81.1 Å². The topological polar surface area (TPSA) is 96.3 Å². The summed E-state index contributed by atoms with van der Waals surface area (Å²) in [5, 5.41) is 24.9. The first-order valence-electron chi connectivity index (χ1n) is 14.7. The first-order chi connectivity index (χ1) is 20.4. The number of phenols is 1. The second-order valence-corrected chi connectivity index (χ2v) is 12.5. The predicted octanol–water partition coefficient (Wildman–Crippen LogP) is 5.82. The fourth-order valence-corrected chi connectivity index (χ4v) is 7.86. The van der Waals surface area contributed by atoms with Crippen molar-refractivity contribution >= 4 is 47.1 Å². The Kier molecular flexibility index (Phi) is 8.36. The fourth-order valence-electron chi connectivity index (χ4n) is 7.17. The number of carbonyl (C=O) groups excluding carboxylic acids is 2. The van der Waals surface area contributed by atoms with Gasteiger partial charge in [-0.05, 0) is 77.5 Å². The molecular weight excluding hydrogens is 549 g/mol. The minimum Gasteiger partial charge on any atom is -0.507 e. The molecule has 9 heteroatoms. The molecule has 0 spiro atoms. The van der Waals surface area contributed by atoms with Crippen LogP contribution in [0.1, 0.15) is 43.0 Å². The van der Waals surface area contributed by atoms with Crippen LogP contribution in [0.15, 0.2) is 70.6 Å². The second-order valence-electron chi connectivity index (χ2n) is 11.5. The molecule has 2 aliphatic heterocycles. The average molecular weight is 586 g/mol. The van der Waals surface area contributed by atoms with Crippen LogP contribution in [0.5, 0.6) is 5.75 Å². The van der Waals surface area contributed by atoms with E-state index in [1.807, 2.05) is 47.8 Å². The molecule has 7 nitrogen and oxygen atoms in total. The molecule has 0 saturated carbocycles. The SMILES string of the molecule is CC/C(=C\c1ccc(O)c2ccccc12)CC[C@H]1OB(O)C[C@H]2C1=C(COC)C[C@H]1C(=O)N(Cc3cccs3)C(=O)[C@H]12. The zero-order valence-corrected chi connectivity index (χ0v) is 24.8. The van der Waals surface area contributed by atoms with Gasteiger partial charge >= 0.3 is 7.12 Å². The number of thiophene rings is 1. The molecule has 3 aromatic rings. The Morgan fingerprint density at radius 2 is 1.93 bits per heavy atom. The number of phenolic OH excluding ortho intramolecular Hbond substituents is 1. The number of allylic oxidation sites excluding steroid dienone is 1. The third-order valence-corrected chi connectivity index (χ3v) is 9.95. The van der Waals surface area contributed by atoms with Crippen LogP contribution in [0.25, 0.3) is 16.8 Å². The summed E-state index contributed by atoms with van der Waals surface area (Å²) in [7, 11) is 0.642. The average Bonchev–Trinajstić information content (AvgIpc) is 3.59. The van der Waals surface area contributed by atoms with E-state index in [2.05, 4.69) is 13.0 Å². The van der Waals surface area contributed by atoms with Gasteiger partial charge < -0.3 is 19.5 Å². The number of hydrogen-bond acceptors (Lipinski definition) is 7. The lowest BCUT2D eigenvalue weighted by Crippen LogP contribution is -2.46. The fraction of sp³-hybridized carbons (Fsp3) is 0.394. The van der Waals surface area contributed by atoms with E-state index < -0.39 is 19.0 Å². The van der Waals surface area contributed by atoms with E-state index in [0.717, 1.165) is 45.2 Å². The zero-order valence-electron chi connectivity index (χ0n) is 24.0. The van der Waals surface area contributed by atoms with E-state index in [1.165, 1.54) is 21.8 Å². The molecule has 218 valence electrons. The zero-order chi connectivity index (χ0) is 29.4. The number of likely N-dealkylation sites (tertiary alicyclic amines) is 1. The monoisotopic (exact) mass is 585 g/mol. The minimum atomic E-state index is -1.00. The van der Waals surface area contributed by atoms with Crippen molar-refractivity contribution < 1.29 is 29.1 Å². The number of nitrogens with zero attached hydrogens (tertiary/aromatic N) is 1. The molecule has 6 rings (SSSR count). The minimum absolute atomic E-state index is 0.124. The summed E-state index contributed by atoms with van der Waals surface area (Å²) in [5.41, 5.74) is 4.32. The van der Waals surface area contributed by atoms with Crippen LogP contribution in [-0.2, 0) is 25.5 Å². The summed E-state index contributed by atoms with van der Waals surface area (Å²) >= 11 is 1.54. The van der Waals surface area contributed by atoms with E-state index in [0.29, 0.717) is 32.3 Å². The van der Waals surface area contributed by atoms with E-state index in [1.54, 1.807) is 13.2 Å². The number of rotatable bonds is 9. The molecule has 2 fully saturated rings. The molecule has 2 N–H and O–H groups in total. The molecular formula is C33H36BNO6S. The van der Waals surface area contributed by atoms with Gasteiger partial charge in [-0.25, -0.2) is 0 Å². The van der Waals surface area contributed by atoms with Gasteiger partial charge in [-0.1, -0.05) is 55.0 Å². The van der Waals surface area contributed by atoms with Gasteiger partial charge in [0, 0.05) is 17.4 Å².